The van der Waals surface area contributed by atoms with Gasteiger partial charge >= 0.3 is 0 Å². The van der Waals surface area contributed by atoms with Crippen LogP contribution >= 0.6 is 11.3 Å². The molecule has 3 nitrogen and oxygen atoms in total. The molecule has 4 heteroatoms. The van der Waals surface area contributed by atoms with Crippen LogP contribution in [-0.4, -0.2) is 7.11 Å². The van der Waals surface area contributed by atoms with Gasteiger partial charge in [-0.1, -0.05) is 25.7 Å². The summed E-state index contributed by atoms with van der Waals surface area (Å²) in [5.74, 6) is 7.39. The number of nitrogens with one attached hydrogen (secondary N) is 1. The van der Waals surface area contributed by atoms with Crippen molar-refractivity contribution in [3.8, 4) is 5.75 Å². The summed E-state index contributed by atoms with van der Waals surface area (Å²) in [5.41, 5.74) is 3.01. The van der Waals surface area contributed by atoms with Crippen LogP contribution in [0.5, 0.6) is 5.75 Å². The molecule has 1 aliphatic carbocycles. The summed E-state index contributed by atoms with van der Waals surface area (Å²) < 4.78 is 5.41. The van der Waals surface area contributed by atoms with Crippen LogP contribution in [-0.2, 0) is 0 Å². The lowest BCUT2D eigenvalue weighted by Gasteiger charge is -2.25. The van der Waals surface area contributed by atoms with E-state index in [1.165, 1.54) is 43.4 Å². The molecule has 0 spiro atoms. The van der Waals surface area contributed by atoms with E-state index in [-0.39, 0.29) is 6.04 Å². The minimum Gasteiger partial charge on any atom is -0.496 e. The quantitative estimate of drug-likeness (QED) is 0.492. The van der Waals surface area contributed by atoms with E-state index in [9.17, 15) is 0 Å². The minimum absolute atomic E-state index is 0.253. The molecule has 0 saturated heterocycles. The van der Waals surface area contributed by atoms with Crippen LogP contribution in [0, 0.1) is 5.92 Å². The molecule has 1 saturated carbocycles. The van der Waals surface area contributed by atoms with E-state index in [0.29, 0.717) is 5.92 Å². The third-order valence-electron chi connectivity index (χ3n) is 3.71. The largest absolute Gasteiger partial charge is 0.496 e. The van der Waals surface area contributed by atoms with Gasteiger partial charge in [0, 0.05) is 0 Å². The maximum absolute atomic E-state index is 5.77. The van der Waals surface area contributed by atoms with Crippen LogP contribution in [0.2, 0.25) is 0 Å². The maximum Gasteiger partial charge on any atom is 0.134 e. The Morgan fingerprint density at radius 3 is 2.65 bits per heavy atom. The molecule has 0 bridgehead atoms. The van der Waals surface area contributed by atoms with Crippen molar-refractivity contribution in [3.05, 3.63) is 16.3 Å². The Morgan fingerprint density at radius 2 is 2.06 bits per heavy atom. The zero-order chi connectivity index (χ0) is 12.1. The molecular formula is C13H22N2OS. The Morgan fingerprint density at radius 1 is 1.35 bits per heavy atom. The van der Waals surface area contributed by atoms with Gasteiger partial charge in [-0.2, -0.15) is 0 Å². The SMILES string of the molecule is COc1ccsc1C(NN)C1CCCCCC1. The zero-order valence-electron chi connectivity index (χ0n) is 10.4. The number of rotatable bonds is 4. The molecule has 2 rings (SSSR count). The summed E-state index contributed by atoms with van der Waals surface area (Å²) >= 11 is 1.74. The van der Waals surface area contributed by atoms with Crippen LogP contribution in [0.3, 0.4) is 0 Å². The van der Waals surface area contributed by atoms with E-state index in [1.807, 2.05) is 6.07 Å². The topological polar surface area (TPSA) is 47.3 Å². The van der Waals surface area contributed by atoms with Gasteiger partial charge in [-0.3, -0.25) is 11.3 Å². The van der Waals surface area contributed by atoms with E-state index in [1.54, 1.807) is 18.4 Å². The van der Waals surface area contributed by atoms with Gasteiger partial charge < -0.3 is 4.74 Å². The smallest absolute Gasteiger partial charge is 0.134 e. The second kappa shape index (κ2) is 6.38. The lowest BCUT2D eigenvalue weighted by atomic mass is 9.91. The van der Waals surface area contributed by atoms with Crippen molar-refractivity contribution in [1.82, 2.24) is 5.43 Å². The second-order valence-electron chi connectivity index (χ2n) is 4.75. The number of hydrogen-bond donors (Lipinski definition) is 2. The van der Waals surface area contributed by atoms with E-state index in [2.05, 4.69) is 10.8 Å². The van der Waals surface area contributed by atoms with Crippen LogP contribution < -0.4 is 16.0 Å². The number of methoxy groups -OCH3 is 1. The summed E-state index contributed by atoms with van der Waals surface area (Å²) in [6.45, 7) is 0. The first-order valence-electron chi connectivity index (χ1n) is 6.44. The molecule has 0 radical (unpaired) electrons. The monoisotopic (exact) mass is 254 g/mol. The van der Waals surface area contributed by atoms with E-state index in [0.717, 1.165) is 5.75 Å². The lowest BCUT2D eigenvalue weighted by molar-refractivity contribution is 0.321. The predicted molar refractivity (Wildman–Crippen MR) is 72.1 cm³/mol. The zero-order valence-corrected chi connectivity index (χ0v) is 11.3. The molecule has 0 aromatic carbocycles. The average Bonchev–Trinajstić information content (AvgIpc) is 2.65. The summed E-state index contributed by atoms with van der Waals surface area (Å²) in [4.78, 5) is 1.25. The molecule has 3 N–H and O–H groups in total. The van der Waals surface area contributed by atoms with Crippen molar-refractivity contribution in [2.45, 2.75) is 44.6 Å². The standard InChI is InChI=1S/C13H22N2OS/c1-16-11-8-9-17-13(11)12(15-14)10-6-4-2-3-5-7-10/h8-10,12,15H,2-7,14H2,1H3. The van der Waals surface area contributed by atoms with Crippen LogP contribution in [0.25, 0.3) is 0 Å². The van der Waals surface area contributed by atoms with Gasteiger partial charge in [-0.05, 0) is 30.2 Å². The maximum atomic E-state index is 5.77. The molecular weight excluding hydrogens is 232 g/mol. The van der Waals surface area contributed by atoms with Crippen LogP contribution in [0.4, 0.5) is 0 Å². The molecule has 1 aromatic rings. The molecule has 17 heavy (non-hydrogen) atoms. The van der Waals surface area contributed by atoms with Gasteiger partial charge in [0.15, 0.2) is 0 Å². The van der Waals surface area contributed by atoms with Crippen LogP contribution in [0.15, 0.2) is 11.4 Å². The molecule has 1 atom stereocenters. The molecule has 1 aliphatic rings. The molecule has 1 fully saturated rings. The number of nitrogens with two attached hydrogens (primary N) is 1. The first kappa shape index (κ1) is 12.9. The number of hydrazine groups is 1. The Kier molecular flexibility index (Phi) is 4.83. The fourth-order valence-corrected chi connectivity index (χ4v) is 3.79. The van der Waals surface area contributed by atoms with Gasteiger partial charge in [0.2, 0.25) is 0 Å². The molecule has 1 aromatic heterocycles. The third-order valence-corrected chi connectivity index (χ3v) is 4.69. The summed E-state index contributed by atoms with van der Waals surface area (Å²) in [6.07, 6.45) is 7.95. The van der Waals surface area contributed by atoms with Gasteiger partial charge in [-0.15, -0.1) is 11.3 Å². The average molecular weight is 254 g/mol. The number of hydrogen-bond acceptors (Lipinski definition) is 4. The fraction of sp³-hybridized carbons (Fsp3) is 0.692. The van der Waals surface area contributed by atoms with Crippen molar-refractivity contribution in [1.29, 1.82) is 0 Å². The molecule has 96 valence electrons. The van der Waals surface area contributed by atoms with Crippen molar-refractivity contribution >= 4 is 11.3 Å². The van der Waals surface area contributed by atoms with Gasteiger partial charge in [0.05, 0.1) is 18.0 Å². The number of thiophene rings is 1. The summed E-state index contributed by atoms with van der Waals surface area (Å²) in [6, 6.07) is 2.28. The highest BCUT2D eigenvalue weighted by atomic mass is 32.1. The molecule has 1 heterocycles. The van der Waals surface area contributed by atoms with Crippen LogP contribution in [0.1, 0.15) is 49.4 Å². The Balaban J connectivity index is 2.14. The highest BCUT2D eigenvalue weighted by Gasteiger charge is 2.26. The number of ether oxygens (including phenoxy) is 1. The summed E-state index contributed by atoms with van der Waals surface area (Å²) in [7, 11) is 1.73. The Labute approximate surface area is 107 Å². The first-order chi connectivity index (χ1) is 8.36. The normalized spacial score (nSPS) is 19.9. The van der Waals surface area contributed by atoms with Crippen molar-refractivity contribution in [2.24, 2.45) is 11.8 Å². The molecule has 1 unspecified atom stereocenters. The third kappa shape index (κ3) is 3.00. The highest BCUT2D eigenvalue weighted by Crippen LogP contribution is 2.39. The van der Waals surface area contributed by atoms with Crippen molar-refractivity contribution in [2.75, 3.05) is 7.11 Å². The van der Waals surface area contributed by atoms with Gasteiger partial charge in [-0.25, -0.2) is 0 Å². The predicted octanol–water partition coefficient (Wildman–Crippen LogP) is 3.23. The highest BCUT2D eigenvalue weighted by molar-refractivity contribution is 7.10. The summed E-state index contributed by atoms with van der Waals surface area (Å²) in [5, 5.41) is 2.08. The van der Waals surface area contributed by atoms with Gasteiger partial charge in [0.25, 0.3) is 0 Å². The lowest BCUT2D eigenvalue weighted by Crippen LogP contribution is -2.33. The van der Waals surface area contributed by atoms with E-state index < -0.39 is 0 Å². The van der Waals surface area contributed by atoms with Gasteiger partial charge in [0.1, 0.15) is 5.75 Å². The molecule has 0 amide bonds. The first-order valence-corrected chi connectivity index (χ1v) is 7.32. The Bertz CT molecular complexity index is 332. The van der Waals surface area contributed by atoms with Crippen molar-refractivity contribution < 1.29 is 4.74 Å². The molecule has 0 aliphatic heterocycles. The Hall–Kier alpha value is -0.580. The van der Waals surface area contributed by atoms with Crippen molar-refractivity contribution in [3.63, 3.8) is 0 Å². The fourth-order valence-electron chi connectivity index (χ4n) is 2.77. The van der Waals surface area contributed by atoms with E-state index >= 15 is 0 Å². The van der Waals surface area contributed by atoms with E-state index in [4.69, 9.17) is 10.6 Å². The second-order valence-corrected chi connectivity index (χ2v) is 5.70. The minimum atomic E-state index is 0.253.